The first-order chi connectivity index (χ1) is 14.5. The highest BCUT2D eigenvalue weighted by atomic mass is 16.5. The number of aromatic nitrogens is 3. The Hall–Kier alpha value is -3.03. The molecular formula is C23H30N6O. The summed E-state index contributed by atoms with van der Waals surface area (Å²) in [5.74, 6) is 1.53. The molecule has 0 bridgehead atoms. The van der Waals surface area contributed by atoms with Crippen molar-refractivity contribution < 1.29 is 4.74 Å². The fourth-order valence-electron chi connectivity index (χ4n) is 2.87. The zero-order valence-corrected chi connectivity index (χ0v) is 18.2. The Labute approximate surface area is 179 Å². The van der Waals surface area contributed by atoms with Crippen LogP contribution in [0.15, 0.2) is 61.1 Å². The minimum absolute atomic E-state index is 0.660. The Balaban J connectivity index is 1.83. The molecule has 0 N–H and O–H groups in total. The molecule has 158 valence electrons. The first kappa shape index (κ1) is 21.7. The highest BCUT2D eigenvalue weighted by Gasteiger charge is 2.14. The molecule has 3 rings (SSSR count). The molecule has 0 radical (unpaired) electrons. The molecule has 0 atom stereocenters. The van der Waals surface area contributed by atoms with Crippen LogP contribution in [0.1, 0.15) is 0 Å². The van der Waals surface area contributed by atoms with Gasteiger partial charge >= 0.3 is 0 Å². The minimum Gasteiger partial charge on any atom is -0.492 e. The third-order valence-corrected chi connectivity index (χ3v) is 4.59. The van der Waals surface area contributed by atoms with Gasteiger partial charge in [0.25, 0.3) is 0 Å². The molecule has 0 fully saturated rings. The van der Waals surface area contributed by atoms with Crippen molar-refractivity contribution in [3.63, 3.8) is 0 Å². The maximum atomic E-state index is 5.83. The van der Waals surface area contributed by atoms with Crippen molar-refractivity contribution in [3.05, 3.63) is 61.1 Å². The largest absolute Gasteiger partial charge is 0.492 e. The third kappa shape index (κ3) is 6.23. The van der Waals surface area contributed by atoms with Crippen molar-refractivity contribution in [1.29, 1.82) is 0 Å². The molecule has 0 spiro atoms. The van der Waals surface area contributed by atoms with Gasteiger partial charge in [-0.1, -0.05) is 0 Å². The van der Waals surface area contributed by atoms with Crippen LogP contribution >= 0.6 is 0 Å². The van der Waals surface area contributed by atoms with E-state index >= 15 is 0 Å². The van der Waals surface area contributed by atoms with Gasteiger partial charge in [0.1, 0.15) is 12.4 Å². The van der Waals surface area contributed by atoms with Crippen molar-refractivity contribution in [2.45, 2.75) is 0 Å². The van der Waals surface area contributed by atoms with Gasteiger partial charge in [-0.2, -0.15) is 0 Å². The Bertz CT molecular complexity index is 899. The van der Waals surface area contributed by atoms with Crippen LogP contribution in [0, 0.1) is 0 Å². The topological polar surface area (TPSA) is 57.6 Å². The van der Waals surface area contributed by atoms with Crippen LogP contribution in [-0.2, 0) is 0 Å². The number of ether oxygens (including phenoxy) is 1. The SMILES string of the molecule is CN(C)CCOc1ccc(N(CCN(C)C)c2nccc(-c3ccncc3)n2)cc1. The Morgan fingerprint density at radius 1 is 0.767 bits per heavy atom. The van der Waals surface area contributed by atoms with Crippen LogP contribution in [0.4, 0.5) is 11.6 Å². The second-order valence-electron chi connectivity index (χ2n) is 7.58. The molecule has 2 heterocycles. The molecule has 0 amide bonds. The van der Waals surface area contributed by atoms with Crippen molar-refractivity contribution in [2.75, 3.05) is 59.3 Å². The first-order valence-electron chi connectivity index (χ1n) is 10.1. The third-order valence-electron chi connectivity index (χ3n) is 4.59. The van der Waals surface area contributed by atoms with Crippen LogP contribution in [0.25, 0.3) is 11.3 Å². The first-order valence-corrected chi connectivity index (χ1v) is 10.1. The quantitative estimate of drug-likeness (QED) is 0.512. The Morgan fingerprint density at radius 2 is 1.47 bits per heavy atom. The standard InChI is InChI=1S/C23H30N6O/c1-27(2)15-16-29(20-5-7-21(8-6-20)30-18-17-28(3)4)23-25-14-11-22(26-23)19-9-12-24-13-10-19/h5-14H,15-18H2,1-4H3. The van der Waals surface area contributed by atoms with Crippen molar-refractivity contribution in [1.82, 2.24) is 24.8 Å². The zero-order valence-electron chi connectivity index (χ0n) is 18.2. The molecule has 3 aromatic rings. The maximum Gasteiger partial charge on any atom is 0.230 e. The monoisotopic (exact) mass is 406 g/mol. The summed E-state index contributed by atoms with van der Waals surface area (Å²) in [6.45, 7) is 3.19. The summed E-state index contributed by atoms with van der Waals surface area (Å²) in [5.41, 5.74) is 2.93. The molecule has 0 aliphatic carbocycles. The summed E-state index contributed by atoms with van der Waals surface area (Å²) in [5, 5.41) is 0. The van der Waals surface area contributed by atoms with E-state index in [1.807, 2.05) is 44.4 Å². The molecule has 2 aromatic heterocycles. The number of rotatable bonds is 10. The predicted octanol–water partition coefficient (Wildman–Crippen LogP) is 3.18. The van der Waals surface area contributed by atoms with E-state index in [9.17, 15) is 0 Å². The molecule has 0 saturated carbocycles. The van der Waals surface area contributed by atoms with E-state index in [4.69, 9.17) is 9.72 Å². The van der Waals surface area contributed by atoms with Crippen molar-refractivity contribution in [3.8, 4) is 17.0 Å². The average molecular weight is 407 g/mol. The van der Waals surface area contributed by atoms with Crippen LogP contribution < -0.4 is 9.64 Å². The molecule has 0 aliphatic heterocycles. The molecule has 0 saturated heterocycles. The smallest absolute Gasteiger partial charge is 0.230 e. The van der Waals surface area contributed by atoms with Gasteiger partial charge in [0.05, 0.1) is 5.69 Å². The summed E-state index contributed by atoms with van der Waals surface area (Å²) >= 11 is 0. The fourth-order valence-corrected chi connectivity index (χ4v) is 2.87. The summed E-state index contributed by atoms with van der Waals surface area (Å²) in [4.78, 5) is 19.9. The molecule has 0 aliphatic rings. The van der Waals surface area contributed by atoms with Gasteiger partial charge in [0, 0.05) is 49.5 Å². The molecule has 0 unspecified atom stereocenters. The lowest BCUT2D eigenvalue weighted by Crippen LogP contribution is -2.29. The number of anilines is 2. The lowest BCUT2D eigenvalue weighted by molar-refractivity contribution is 0.261. The van der Waals surface area contributed by atoms with Gasteiger partial charge < -0.3 is 19.4 Å². The fraction of sp³-hybridized carbons (Fsp3) is 0.348. The van der Waals surface area contributed by atoms with E-state index in [2.05, 4.69) is 50.9 Å². The number of nitrogens with zero attached hydrogens (tertiary/aromatic N) is 6. The number of benzene rings is 1. The number of hydrogen-bond acceptors (Lipinski definition) is 7. The summed E-state index contributed by atoms with van der Waals surface area (Å²) in [7, 11) is 8.20. The Morgan fingerprint density at radius 3 is 2.13 bits per heavy atom. The van der Waals surface area contributed by atoms with Gasteiger partial charge in [-0.05, 0) is 70.7 Å². The molecule has 1 aromatic carbocycles. The lowest BCUT2D eigenvalue weighted by atomic mass is 10.2. The summed E-state index contributed by atoms with van der Waals surface area (Å²) in [6.07, 6.45) is 5.35. The van der Waals surface area contributed by atoms with Gasteiger partial charge in [0.2, 0.25) is 5.95 Å². The summed E-state index contributed by atoms with van der Waals surface area (Å²) in [6, 6.07) is 13.9. The molecule has 7 heteroatoms. The van der Waals surface area contributed by atoms with Crippen LogP contribution in [-0.4, -0.2) is 79.2 Å². The summed E-state index contributed by atoms with van der Waals surface area (Å²) < 4.78 is 5.83. The second kappa shape index (κ2) is 10.7. The van der Waals surface area contributed by atoms with Gasteiger partial charge in [-0.25, -0.2) is 9.97 Å². The van der Waals surface area contributed by atoms with E-state index in [0.29, 0.717) is 12.6 Å². The lowest BCUT2D eigenvalue weighted by Gasteiger charge is -2.25. The maximum absolute atomic E-state index is 5.83. The van der Waals surface area contributed by atoms with Crippen LogP contribution in [0.2, 0.25) is 0 Å². The number of likely N-dealkylation sites (N-methyl/N-ethyl adjacent to an activating group) is 2. The number of pyridine rings is 1. The molecule has 7 nitrogen and oxygen atoms in total. The van der Waals surface area contributed by atoms with Crippen LogP contribution in [0.5, 0.6) is 5.75 Å². The normalized spacial score (nSPS) is 11.1. The van der Waals surface area contributed by atoms with Crippen LogP contribution in [0.3, 0.4) is 0 Å². The number of hydrogen-bond donors (Lipinski definition) is 0. The van der Waals surface area contributed by atoms with E-state index in [-0.39, 0.29) is 0 Å². The highest BCUT2D eigenvalue weighted by Crippen LogP contribution is 2.26. The van der Waals surface area contributed by atoms with E-state index in [1.165, 1.54) is 0 Å². The minimum atomic E-state index is 0.660. The van der Waals surface area contributed by atoms with Gasteiger partial charge in [-0.15, -0.1) is 0 Å². The van der Waals surface area contributed by atoms with E-state index in [0.717, 1.165) is 42.3 Å². The van der Waals surface area contributed by atoms with E-state index in [1.54, 1.807) is 18.6 Å². The van der Waals surface area contributed by atoms with Crippen molar-refractivity contribution >= 4 is 11.6 Å². The highest BCUT2D eigenvalue weighted by molar-refractivity contribution is 5.63. The predicted molar refractivity (Wildman–Crippen MR) is 121 cm³/mol. The average Bonchev–Trinajstić information content (AvgIpc) is 2.75. The van der Waals surface area contributed by atoms with Gasteiger partial charge in [-0.3, -0.25) is 4.98 Å². The van der Waals surface area contributed by atoms with E-state index < -0.39 is 0 Å². The molecule has 30 heavy (non-hydrogen) atoms. The Kier molecular flexibility index (Phi) is 7.70. The second-order valence-corrected chi connectivity index (χ2v) is 7.58. The molecular weight excluding hydrogens is 376 g/mol. The van der Waals surface area contributed by atoms with Crippen molar-refractivity contribution in [2.24, 2.45) is 0 Å². The van der Waals surface area contributed by atoms with Gasteiger partial charge in [0.15, 0.2) is 0 Å². The zero-order chi connectivity index (χ0) is 21.3.